The number of carbonyl (C=O) groups excluding carboxylic acids is 1. The molecule has 21 heavy (non-hydrogen) atoms. The quantitative estimate of drug-likeness (QED) is 0.772. The van der Waals surface area contributed by atoms with Crippen LogP contribution in [0.15, 0.2) is 24.3 Å². The average molecular weight is 294 g/mol. The average Bonchev–Trinajstić information content (AvgIpc) is 2.42. The number of hydrogen-bond acceptors (Lipinski definition) is 4. The lowest BCUT2D eigenvalue weighted by atomic mass is 10.1. The molecule has 0 aliphatic carbocycles. The van der Waals surface area contributed by atoms with Gasteiger partial charge in [-0.05, 0) is 31.8 Å². The van der Waals surface area contributed by atoms with Gasteiger partial charge in [0, 0.05) is 25.8 Å². The number of hydrogen-bond donors (Lipinski definition) is 1. The maximum absolute atomic E-state index is 12.3. The maximum Gasteiger partial charge on any atom is 0.323 e. The van der Waals surface area contributed by atoms with Gasteiger partial charge in [0.2, 0.25) is 0 Å². The van der Waals surface area contributed by atoms with Crippen molar-refractivity contribution in [2.24, 2.45) is 0 Å². The number of amides is 1. The van der Waals surface area contributed by atoms with Gasteiger partial charge < -0.3 is 19.6 Å². The zero-order valence-electron chi connectivity index (χ0n) is 12.7. The summed E-state index contributed by atoms with van der Waals surface area (Å²) in [6.45, 7) is 1.01. The highest BCUT2D eigenvalue weighted by Crippen LogP contribution is 2.09. The van der Waals surface area contributed by atoms with Crippen molar-refractivity contribution in [3.63, 3.8) is 0 Å². The smallest absolute Gasteiger partial charge is 0.323 e. The third kappa shape index (κ3) is 5.93. The van der Waals surface area contributed by atoms with Crippen molar-refractivity contribution in [1.82, 2.24) is 9.80 Å². The van der Waals surface area contributed by atoms with E-state index in [1.54, 1.807) is 12.1 Å². The van der Waals surface area contributed by atoms with Gasteiger partial charge in [0.1, 0.15) is 6.54 Å². The number of benzene rings is 1. The Bertz CT molecular complexity index is 471. The minimum atomic E-state index is -1.04. The second-order valence-electron chi connectivity index (χ2n) is 5.05. The Hall–Kier alpha value is -1.92. The van der Waals surface area contributed by atoms with Crippen LogP contribution in [0.1, 0.15) is 15.9 Å². The van der Waals surface area contributed by atoms with Crippen LogP contribution >= 0.6 is 0 Å². The second kappa shape index (κ2) is 8.39. The Morgan fingerprint density at radius 3 is 2.29 bits per heavy atom. The van der Waals surface area contributed by atoms with E-state index < -0.39 is 5.97 Å². The molecule has 1 amide bonds. The minimum Gasteiger partial charge on any atom is -0.480 e. The van der Waals surface area contributed by atoms with Crippen LogP contribution in [0.25, 0.3) is 0 Å². The molecule has 6 heteroatoms. The molecule has 6 nitrogen and oxygen atoms in total. The summed E-state index contributed by atoms with van der Waals surface area (Å²) in [6.07, 6.45) is 0. The standard InChI is InChI=1S/C15H22N2O4/c1-16(2)10-12-4-6-13(7-5-12)15(20)17(8-9-21-3)11-14(18)19/h4-7H,8-11H2,1-3H3,(H,18,19). The molecule has 0 heterocycles. The molecule has 0 radical (unpaired) electrons. The highest BCUT2D eigenvalue weighted by molar-refractivity contribution is 5.95. The maximum atomic E-state index is 12.3. The van der Waals surface area contributed by atoms with Gasteiger partial charge >= 0.3 is 5.97 Å². The van der Waals surface area contributed by atoms with Gasteiger partial charge in [-0.15, -0.1) is 0 Å². The fourth-order valence-electron chi connectivity index (χ4n) is 1.92. The van der Waals surface area contributed by atoms with Gasteiger partial charge in [-0.1, -0.05) is 12.1 Å². The Morgan fingerprint density at radius 2 is 1.81 bits per heavy atom. The van der Waals surface area contributed by atoms with E-state index in [0.29, 0.717) is 12.2 Å². The number of methoxy groups -OCH3 is 1. The van der Waals surface area contributed by atoms with Crippen LogP contribution in [-0.4, -0.2) is 67.7 Å². The molecular weight excluding hydrogens is 272 g/mol. The van der Waals surface area contributed by atoms with Crippen LogP contribution in [-0.2, 0) is 16.1 Å². The van der Waals surface area contributed by atoms with Crippen LogP contribution in [0.4, 0.5) is 0 Å². The van der Waals surface area contributed by atoms with Crippen LogP contribution in [0.5, 0.6) is 0 Å². The monoisotopic (exact) mass is 294 g/mol. The predicted molar refractivity (Wildman–Crippen MR) is 79.2 cm³/mol. The van der Waals surface area contributed by atoms with E-state index >= 15 is 0 Å². The summed E-state index contributed by atoms with van der Waals surface area (Å²) in [5.41, 5.74) is 1.58. The van der Waals surface area contributed by atoms with E-state index in [0.717, 1.165) is 12.1 Å². The van der Waals surface area contributed by atoms with Gasteiger partial charge in [0.05, 0.1) is 6.61 Å². The number of aliphatic carboxylic acids is 1. The topological polar surface area (TPSA) is 70.1 Å². The molecule has 0 spiro atoms. The summed E-state index contributed by atoms with van der Waals surface area (Å²) in [7, 11) is 5.45. The third-order valence-electron chi connectivity index (χ3n) is 2.88. The van der Waals surface area contributed by atoms with E-state index in [9.17, 15) is 9.59 Å². The van der Waals surface area contributed by atoms with E-state index in [4.69, 9.17) is 9.84 Å². The van der Waals surface area contributed by atoms with E-state index in [1.165, 1.54) is 12.0 Å². The minimum absolute atomic E-state index is 0.251. The molecule has 0 saturated heterocycles. The third-order valence-corrected chi connectivity index (χ3v) is 2.88. The zero-order valence-corrected chi connectivity index (χ0v) is 12.7. The van der Waals surface area contributed by atoms with Gasteiger partial charge in [-0.2, -0.15) is 0 Å². The summed E-state index contributed by atoms with van der Waals surface area (Å²) in [4.78, 5) is 26.5. The molecule has 0 saturated carbocycles. The summed E-state index contributed by atoms with van der Waals surface area (Å²) >= 11 is 0. The van der Waals surface area contributed by atoms with Crippen LogP contribution in [0, 0.1) is 0 Å². The highest BCUT2D eigenvalue weighted by Gasteiger charge is 2.18. The van der Waals surface area contributed by atoms with Crippen molar-refractivity contribution in [3.05, 3.63) is 35.4 Å². The lowest BCUT2D eigenvalue weighted by Gasteiger charge is -2.20. The van der Waals surface area contributed by atoms with Crippen molar-refractivity contribution >= 4 is 11.9 Å². The molecule has 0 atom stereocenters. The van der Waals surface area contributed by atoms with Gasteiger partial charge in [-0.25, -0.2) is 0 Å². The SMILES string of the molecule is COCCN(CC(=O)O)C(=O)c1ccc(CN(C)C)cc1. The van der Waals surface area contributed by atoms with Crippen LogP contribution in [0.3, 0.4) is 0 Å². The van der Waals surface area contributed by atoms with Crippen molar-refractivity contribution in [1.29, 1.82) is 0 Å². The molecule has 1 aromatic rings. The Balaban J connectivity index is 2.79. The number of carbonyl (C=O) groups is 2. The van der Waals surface area contributed by atoms with Crippen molar-refractivity contribution < 1.29 is 19.4 Å². The molecule has 1 N–H and O–H groups in total. The summed E-state index contributed by atoms with van der Waals surface area (Å²) < 4.78 is 4.91. The first-order chi connectivity index (χ1) is 9.93. The molecule has 1 rings (SSSR count). The van der Waals surface area contributed by atoms with Crippen LogP contribution < -0.4 is 0 Å². The first-order valence-electron chi connectivity index (χ1n) is 6.67. The predicted octanol–water partition coefficient (Wildman–Crippen LogP) is 0.921. The van der Waals surface area contributed by atoms with Crippen molar-refractivity contribution in [2.45, 2.75) is 6.54 Å². The molecule has 116 valence electrons. The summed E-state index contributed by atoms with van der Waals surface area (Å²) in [5, 5.41) is 8.88. The highest BCUT2D eigenvalue weighted by atomic mass is 16.5. The van der Waals surface area contributed by atoms with E-state index in [2.05, 4.69) is 0 Å². The molecule has 0 fully saturated rings. The number of ether oxygens (including phenoxy) is 1. The Morgan fingerprint density at radius 1 is 1.19 bits per heavy atom. The molecule has 0 aliphatic heterocycles. The summed E-state index contributed by atoms with van der Waals surface area (Å²) in [5.74, 6) is -1.34. The first-order valence-corrected chi connectivity index (χ1v) is 6.67. The lowest BCUT2D eigenvalue weighted by molar-refractivity contribution is -0.137. The second-order valence-corrected chi connectivity index (χ2v) is 5.05. The molecule has 0 bridgehead atoms. The number of nitrogens with zero attached hydrogens (tertiary/aromatic N) is 2. The molecular formula is C15H22N2O4. The fourth-order valence-corrected chi connectivity index (χ4v) is 1.92. The first kappa shape index (κ1) is 17.1. The molecule has 0 aromatic heterocycles. The van der Waals surface area contributed by atoms with Gasteiger partial charge in [-0.3, -0.25) is 9.59 Å². The number of carboxylic acid groups (broad SMARTS) is 1. The number of rotatable bonds is 8. The van der Waals surface area contributed by atoms with Crippen LogP contribution in [0.2, 0.25) is 0 Å². The summed E-state index contributed by atoms with van der Waals surface area (Å²) in [6, 6.07) is 7.21. The van der Waals surface area contributed by atoms with Crippen molar-refractivity contribution in [3.8, 4) is 0 Å². The lowest BCUT2D eigenvalue weighted by Crippen LogP contribution is -2.38. The molecule has 1 aromatic carbocycles. The Kier molecular flexibility index (Phi) is 6.84. The molecule has 0 aliphatic rings. The van der Waals surface area contributed by atoms with Crippen molar-refractivity contribution in [2.75, 3.05) is 40.9 Å². The molecule has 0 unspecified atom stereocenters. The number of carboxylic acids is 1. The van der Waals surface area contributed by atoms with E-state index in [1.807, 2.05) is 31.1 Å². The van der Waals surface area contributed by atoms with E-state index in [-0.39, 0.29) is 19.0 Å². The Labute approximate surface area is 124 Å². The normalized spacial score (nSPS) is 10.7. The zero-order chi connectivity index (χ0) is 15.8. The largest absolute Gasteiger partial charge is 0.480 e. The fraction of sp³-hybridized carbons (Fsp3) is 0.467. The van der Waals surface area contributed by atoms with Gasteiger partial charge in [0.15, 0.2) is 0 Å². The van der Waals surface area contributed by atoms with Gasteiger partial charge in [0.25, 0.3) is 5.91 Å².